The van der Waals surface area contributed by atoms with Gasteiger partial charge in [-0.1, -0.05) is 95.3 Å². The van der Waals surface area contributed by atoms with Crippen molar-refractivity contribution in [2.24, 2.45) is 5.41 Å². The van der Waals surface area contributed by atoms with E-state index in [-0.39, 0.29) is 17.8 Å². The van der Waals surface area contributed by atoms with Crippen LogP contribution in [0.1, 0.15) is 111 Å². The number of hydrogen-bond acceptors (Lipinski definition) is 6. The van der Waals surface area contributed by atoms with Crippen molar-refractivity contribution in [3.05, 3.63) is 151 Å². The van der Waals surface area contributed by atoms with Crippen LogP contribution in [0.2, 0.25) is 0 Å². The maximum absolute atomic E-state index is 12.4. The normalized spacial score (nSPS) is 11.8. The van der Waals surface area contributed by atoms with Crippen molar-refractivity contribution in [3.63, 3.8) is 0 Å². The van der Waals surface area contributed by atoms with Crippen LogP contribution in [0.4, 0.5) is 0 Å². The Bertz CT molecular complexity index is 1580. The van der Waals surface area contributed by atoms with E-state index < -0.39 is 10.8 Å². The van der Waals surface area contributed by atoms with Crippen LogP contribution in [0.15, 0.2) is 97.1 Å². The molecule has 0 aliphatic rings. The van der Waals surface area contributed by atoms with Crippen LogP contribution in [0.3, 0.4) is 0 Å². The van der Waals surface area contributed by atoms with Gasteiger partial charge in [0.05, 0.1) is 11.5 Å². The molecule has 4 rings (SSSR count). The predicted octanol–water partition coefficient (Wildman–Crippen LogP) is 11.7. The van der Waals surface area contributed by atoms with E-state index in [0.29, 0.717) is 11.5 Å². The minimum absolute atomic E-state index is 0.0506. The van der Waals surface area contributed by atoms with Gasteiger partial charge in [0.25, 0.3) is 0 Å². The van der Waals surface area contributed by atoms with Gasteiger partial charge in [0.15, 0.2) is 5.78 Å². The second-order valence-electron chi connectivity index (χ2n) is 15.2. The Hall–Kier alpha value is -3.44. The van der Waals surface area contributed by atoms with E-state index in [0.717, 1.165) is 22.4 Å². The van der Waals surface area contributed by atoms with Gasteiger partial charge < -0.3 is 26.0 Å². The molecule has 1 unspecified atom stereocenters. The van der Waals surface area contributed by atoms with Gasteiger partial charge in [-0.15, -0.1) is 0 Å². The summed E-state index contributed by atoms with van der Waals surface area (Å²) in [5, 5.41) is 0. The SMILES string of the molecule is C[C-](C)C.C[C-](C)C.[CH2-]Oc1ccc(C(C)(C)c2ccc(C(C)(c3ccc(O[CH2-])cc3)c3ccc(OCC(=O)C(C)(C)C)cc3)cc2)cc1.[O]=[Co].[O]=[Co]. The second-order valence-corrected chi connectivity index (χ2v) is 15.2. The fourth-order valence-electron chi connectivity index (χ4n) is 4.99. The van der Waals surface area contributed by atoms with Crippen LogP contribution in [-0.2, 0) is 54.7 Å². The van der Waals surface area contributed by atoms with Gasteiger partial charge in [0.1, 0.15) is 12.4 Å². The van der Waals surface area contributed by atoms with E-state index >= 15 is 0 Å². The molecule has 0 N–H and O–H groups in total. The van der Waals surface area contributed by atoms with E-state index in [9.17, 15) is 4.79 Å². The molecule has 1 atom stereocenters. The Labute approximate surface area is 336 Å². The van der Waals surface area contributed by atoms with Crippen molar-refractivity contribution in [1.29, 1.82) is 0 Å². The molecule has 6 nitrogen and oxygen atoms in total. The van der Waals surface area contributed by atoms with E-state index in [1.807, 2.05) is 57.2 Å². The van der Waals surface area contributed by atoms with E-state index in [1.165, 1.54) is 23.0 Å². The molecule has 0 heterocycles. The van der Waals surface area contributed by atoms with Crippen molar-refractivity contribution >= 4 is 5.78 Å². The molecule has 0 bridgehead atoms. The molecule has 8 heteroatoms. The Kier molecular flexibility index (Phi) is 22.5. The zero-order valence-corrected chi connectivity index (χ0v) is 35.6. The van der Waals surface area contributed by atoms with Gasteiger partial charge in [-0.2, -0.15) is 55.8 Å². The van der Waals surface area contributed by atoms with E-state index in [2.05, 4.69) is 169 Å². The Balaban J connectivity index is 0.00000199. The van der Waals surface area contributed by atoms with Crippen molar-refractivity contribution in [3.8, 4) is 17.2 Å². The summed E-state index contributed by atoms with van der Waals surface area (Å²) in [4.78, 5) is 12.4. The summed E-state index contributed by atoms with van der Waals surface area (Å²) < 4.78 is 32.0. The first-order valence-corrected chi connectivity index (χ1v) is 17.9. The molecule has 0 amide bonds. The Morgan fingerprint density at radius 2 is 0.755 bits per heavy atom. The van der Waals surface area contributed by atoms with Gasteiger partial charge in [0.2, 0.25) is 0 Å². The number of carbonyl (C=O) groups excluding carboxylic acids is 1. The Morgan fingerprint density at radius 3 is 1.04 bits per heavy atom. The molecule has 0 saturated heterocycles. The molecule has 0 aromatic heterocycles. The first-order valence-electron chi connectivity index (χ1n) is 17.1. The van der Waals surface area contributed by atoms with Crippen LogP contribution >= 0.6 is 0 Å². The summed E-state index contributed by atoms with van der Waals surface area (Å²) >= 11 is 4.62. The number of Topliss-reactive ketones (excluding diaryl/α,β-unsaturated/α-hetero) is 1. The molecular formula is C45H58Co2O6-4. The van der Waals surface area contributed by atoms with E-state index in [1.54, 1.807) is 0 Å². The molecular weight excluding hydrogens is 754 g/mol. The third-order valence-corrected chi connectivity index (χ3v) is 8.16. The van der Waals surface area contributed by atoms with Crippen molar-refractivity contribution in [2.75, 3.05) is 6.61 Å². The van der Waals surface area contributed by atoms with Crippen LogP contribution in [0.5, 0.6) is 17.2 Å². The zero-order valence-electron chi connectivity index (χ0n) is 33.5. The molecule has 0 saturated carbocycles. The average molecular weight is 813 g/mol. The van der Waals surface area contributed by atoms with Crippen LogP contribution in [-0.4, -0.2) is 12.4 Å². The molecule has 4 aromatic carbocycles. The van der Waals surface area contributed by atoms with Gasteiger partial charge in [0, 0.05) is 16.2 Å². The van der Waals surface area contributed by atoms with Crippen molar-refractivity contribution in [1.82, 2.24) is 0 Å². The predicted molar refractivity (Wildman–Crippen MR) is 207 cm³/mol. The van der Waals surface area contributed by atoms with Gasteiger partial charge >= 0.3 is 39.1 Å². The molecule has 0 spiro atoms. The second kappa shape index (κ2) is 24.1. The summed E-state index contributed by atoms with van der Waals surface area (Å²) in [7, 11) is 7.04. The van der Waals surface area contributed by atoms with Crippen molar-refractivity contribution in [2.45, 2.75) is 93.9 Å². The number of ether oxygens (including phenoxy) is 3. The number of ketones is 1. The van der Waals surface area contributed by atoms with Crippen LogP contribution in [0.25, 0.3) is 0 Å². The molecule has 0 fully saturated rings. The summed E-state index contributed by atoms with van der Waals surface area (Å²) in [6, 6.07) is 33.0. The third-order valence-electron chi connectivity index (χ3n) is 8.16. The number of hydrogen-bond donors (Lipinski definition) is 0. The quantitative estimate of drug-likeness (QED) is 0.117. The number of rotatable bonds is 10. The van der Waals surface area contributed by atoms with Crippen LogP contribution in [0, 0.1) is 31.5 Å². The average Bonchev–Trinajstić information content (AvgIpc) is 3.14. The molecule has 296 valence electrons. The molecule has 0 radical (unpaired) electrons. The summed E-state index contributed by atoms with van der Waals surface area (Å²) in [6.07, 6.45) is 0. The molecule has 4 aromatic rings. The fraction of sp³-hybridized carbons (Fsp3) is 0.356. The summed E-state index contributed by atoms with van der Waals surface area (Å²) in [5.74, 6) is 5.01. The fourth-order valence-corrected chi connectivity index (χ4v) is 4.99. The number of carbonyl (C=O) groups is 1. The van der Waals surface area contributed by atoms with Gasteiger partial charge in [-0.25, -0.2) is 0 Å². The van der Waals surface area contributed by atoms with Gasteiger partial charge in [-0.3, -0.25) is 4.79 Å². The minimum atomic E-state index is -0.463. The zero-order chi connectivity index (χ0) is 41.0. The first-order chi connectivity index (χ1) is 24.9. The monoisotopic (exact) mass is 812 g/mol. The number of benzene rings is 4. The van der Waals surface area contributed by atoms with E-state index in [4.69, 9.17) is 21.9 Å². The standard InChI is InChI=1S/C37H40O4.2C4H9.2Co.2O/c1-35(2,3)34(38)25-41-33-23-17-30(18-24-33)37(6,29-15-21-32(40-8)22-16-29)28-11-9-26(10-12-28)36(4,5)27-13-19-31(39-7)20-14-27;2*1-4(2)3;;;;/h9-24H,7-8,25H2,1-6H3;2*1-3H3;;;;/q-2;2*-1;;;;. The third kappa shape index (κ3) is 15.8. The topological polar surface area (TPSA) is 78.9 Å². The molecule has 0 aliphatic carbocycles. The first kappa shape index (κ1) is 49.6. The Morgan fingerprint density at radius 1 is 0.509 bits per heavy atom. The van der Waals surface area contributed by atoms with Crippen LogP contribution < -0.4 is 14.2 Å². The molecule has 0 aliphatic heterocycles. The molecule has 53 heavy (non-hydrogen) atoms. The van der Waals surface area contributed by atoms with Crippen molar-refractivity contribution < 1.29 is 58.1 Å². The maximum atomic E-state index is 12.4. The summed E-state index contributed by atoms with van der Waals surface area (Å²) in [5.41, 5.74) is 4.67. The summed E-state index contributed by atoms with van der Waals surface area (Å²) in [6.45, 7) is 24.9. The van der Waals surface area contributed by atoms with Gasteiger partial charge in [-0.05, 0) is 71.1 Å².